The van der Waals surface area contributed by atoms with Gasteiger partial charge in [-0.3, -0.25) is 4.79 Å². The molecule has 8 nitrogen and oxygen atoms in total. The number of alkyl carbamates (subject to hydrolysis) is 1. The fraction of sp³-hybridized carbons (Fsp3) is 0.290. The maximum atomic E-state index is 13.0. The fourth-order valence-electron chi connectivity index (χ4n) is 3.75. The number of carbonyl (C=O) groups is 1. The lowest BCUT2D eigenvalue weighted by Crippen LogP contribution is -2.34. The molecular weight excluding hydrogens is 498 g/mol. The minimum Gasteiger partial charge on any atom is -0.491 e. The first-order valence-corrected chi connectivity index (χ1v) is 12.8. The third-order valence-electron chi connectivity index (χ3n) is 5.50. The Morgan fingerprint density at radius 2 is 1.64 bits per heavy atom. The highest BCUT2D eigenvalue weighted by Gasteiger charge is 2.15. The van der Waals surface area contributed by atoms with Gasteiger partial charge in [-0.05, 0) is 62.7 Å². The number of hydrogen-bond donors (Lipinski definition) is 1. The number of benzene rings is 3. The largest absolute Gasteiger partial charge is 0.491 e. The first-order valence-electron chi connectivity index (χ1n) is 12.8. The van der Waals surface area contributed by atoms with Crippen molar-refractivity contribution in [2.45, 2.75) is 33.0 Å². The van der Waals surface area contributed by atoms with Crippen LogP contribution in [0.4, 0.5) is 4.79 Å². The average Bonchev–Trinajstić information content (AvgIpc) is 2.91. The van der Waals surface area contributed by atoms with Crippen LogP contribution in [0, 0.1) is 0 Å². The van der Waals surface area contributed by atoms with Gasteiger partial charge in [0.05, 0.1) is 13.2 Å². The summed E-state index contributed by atoms with van der Waals surface area (Å²) in [6.07, 6.45) is -0.471. The number of ether oxygens (including phenoxy) is 4. The van der Waals surface area contributed by atoms with Gasteiger partial charge < -0.3 is 28.7 Å². The van der Waals surface area contributed by atoms with E-state index in [1.807, 2.05) is 81.4 Å². The molecule has 4 rings (SSSR count). The summed E-state index contributed by atoms with van der Waals surface area (Å²) >= 11 is 0. The van der Waals surface area contributed by atoms with Gasteiger partial charge in [-0.2, -0.15) is 0 Å². The van der Waals surface area contributed by atoms with Crippen molar-refractivity contribution in [3.05, 3.63) is 94.6 Å². The Morgan fingerprint density at radius 3 is 2.38 bits per heavy atom. The van der Waals surface area contributed by atoms with E-state index in [0.29, 0.717) is 61.2 Å². The van der Waals surface area contributed by atoms with Crippen LogP contribution in [-0.2, 0) is 16.1 Å². The zero-order valence-corrected chi connectivity index (χ0v) is 22.4. The van der Waals surface area contributed by atoms with Crippen LogP contribution in [0.5, 0.6) is 11.5 Å². The Bertz CT molecular complexity index is 1420. The Morgan fingerprint density at radius 1 is 0.872 bits per heavy atom. The monoisotopic (exact) mass is 531 g/mol. The second-order valence-corrected chi connectivity index (χ2v) is 9.79. The molecule has 0 unspecified atom stereocenters. The first kappa shape index (κ1) is 27.7. The van der Waals surface area contributed by atoms with Crippen LogP contribution in [-0.4, -0.2) is 38.1 Å². The van der Waals surface area contributed by atoms with Crippen LogP contribution in [0.15, 0.2) is 88.1 Å². The van der Waals surface area contributed by atoms with E-state index in [9.17, 15) is 9.59 Å². The number of fused-ring (bicyclic) bond motifs is 1. The van der Waals surface area contributed by atoms with E-state index in [2.05, 4.69) is 5.32 Å². The zero-order valence-electron chi connectivity index (χ0n) is 22.4. The van der Waals surface area contributed by atoms with E-state index < -0.39 is 11.7 Å². The molecule has 0 aliphatic heterocycles. The fourth-order valence-corrected chi connectivity index (χ4v) is 3.75. The molecular formula is C31H33NO7. The summed E-state index contributed by atoms with van der Waals surface area (Å²) in [5.41, 5.74) is 1.52. The molecule has 0 spiro atoms. The molecule has 0 radical (unpaired) electrons. The molecule has 3 aromatic carbocycles. The van der Waals surface area contributed by atoms with Crippen LogP contribution in [0.1, 0.15) is 26.3 Å². The SMILES string of the molecule is CC(C)(C)OC(=O)NCCOCCOc1ccc(-c2cc(=O)c3c(OCc4ccccc4)cccc3o2)cc1. The van der Waals surface area contributed by atoms with Crippen molar-refractivity contribution in [1.29, 1.82) is 0 Å². The minimum absolute atomic E-state index is 0.173. The summed E-state index contributed by atoms with van der Waals surface area (Å²) < 4.78 is 28.4. The van der Waals surface area contributed by atoms with E-state index in [1.54, 1.807) is 12.1 Å². The first-order chi connectivity index (χ1) is 18.8. The third-order valence-corrected chi connectivity index (χ3v) is 5.50. The number of rotatable bonds is 11. The van der Waals surface area contributed by atoms with Crippen LogP contribution in [0.3, 0.4) is 0 Å². The zero-order chi connectivity index (χ0) is 27.7. The topological polar surface area (TPSA) is 96.2 Å². The van der Waals surface area contributed by atoms with Crippen molar-refractivity contribution in [3.63, 3.8) is 0 Å². The molecule has 4 aromatic rings. The maximum Gasteiger partial charge on any atom is 0.407 e. The van der Waals surface area contributed by atoms with Gasteiger partial charge in [0.2, 0.25) is 0 Å². The van der Waals surface area contributed by atoms with Crippen molar-refractivity contribution in [2.24, 2.45) is 0 Å². The maximum absolute atomic E-state index is 13.0. The van der Waals surface area contributed by atoms with Crippen LogP contribution in [0.25, 0.3) is 22.3 Å². The standard InChI is InChI=1S/C31H33NO7/c1-31(2,3)39-30(34)32-16-17-35-18-19-36-24-14-12-23(13-15-24)28-20-25(33)29-26(10-7-11-27(29)38-28)37-21-22-8-5-4-6-9-22/h4-15,20H,16-19,21H2,1-3H3,(H,32,34). The van der Waals surface area contributed by atoms with Gasteiger partial charge in [-0.25, -0.2) is 4.79 Å². The molecule has 1 aromatic heterocycles. The van der Waals surface area contributed by atoms with E-state index in [1.165, 1.54) is 6.07 Å². The Kier molecular flexibility index (Phi) is 9.22. The normalized spacial score (nSPS) is 11.3. The smallest absolute Gasteiger partial charge is 0.407 e. The predicted octanol–water partition coefficient (Wildman–Crippen LogP) is 5.96. The van der Waals surface area contributed by atoms with Gasteiger partial charge in [0.1, 0.15) is 47.0 Å². The number of amides is 1. The lowest BCUT2D eigenvalue weighted by molar-refractivity contribution is 0.0489. The second-order valence-electron chi connectivity index (χ2n) is 9.79. The molecule has 39 heavy (non-hydrogen) atoms. The van der Waals surface area contributed by atoms with Gasteiger partial charge in [0, 0.05) is 18.2 Å². The Labute approximate surface area is 227 Å². The molecule has 0 bridgehead atoms. The van der Waals surface area contributed by atoms with Crippen molar-refractivity contribution in [3.8, 4) is 22.8 Å². The van der Waals surface area contributed by atoms with E-state index in [-0.39, 0.29) is 5.43 Å². The van der Waals surface area contributed by atoms with Crippen LogP contribution in [0.2, 0.25) is 0 Å². The third kappa shape index (κ3) is 8.35. The van der Waals surface area contributed by atoms with Crippen molar-refractivity contribution >= 4 is 17.1 Å². The highest BCUT2D eigenvalue weighted by atomic mass is 16.6. The van der Waals surface area contributed by atoms with Crippen molar-refractivity contribution in [1.82, 2.24) is 5.32 Å². The molecule has 0 fully saturated rings. The molecule has 8 heteroatoms. The summed E-state index contributed by atoms with van der Waals surface area (Å²) in [6.45, 7) is 7.20. The van der Waals surface area contributed by atoms with Gasteiger partial charge >= 0.3 is 6.09 Å². The average molecular weight is 532 g/mol. The van der Waals surface area contributed by atoms with Crippen LogP contribution < -0.4 is 20.2 Å². The highest BCUT2D eigenvalue weighted by Crippen LogP contribution is 2.28. The summed E-state index contributed by atoms with van der Waals surface area (Å²) in [5, 5.41) is 3.05. The van der Waals surface area contributed by atoms with Gasteiger partial charge in [0.25, 0.3) is 0 Å². The van der Waals surface area contributed by atoms with Gasteiger partial charge in [-0.15, -0.1) is 0 Å². The minimum atomic E-state index is -0.533. The lowest BCUT2D eigenvalue weighted by Gasteiger charge is -2.19. The van der Waals surface area contributed by atoms with E-state index in [0.717, 1.165) is 11.1 Å². The number of hydrogen-bond acceptors (Lipinski definition) is 7. The predicted molar refractivity (Wildman–Crippen MR) is 149 cm³/mol. The summed E-state index contributed by atoms with van der Waals surface area (Å²) in [6, 6.07) is 23.9. The van der Waals surface area contributed by atoms with Crippen LogP contribution >= 0.6 is 0 Å². The molecule has 0 saturated heterocycles. The molecule has 1 amide bonds. The van der Waals surface area contributed by atoms with E-state index >= 15 is 0 Å². The Hall–Kier alpha value is -4.30. The molecule has 0 aliphatic carbocycles. The number of nitrogens with one attached hydrogen (secondary N) is 1. The molecule has 0 aliphatic rings. The summed E-state index contributed by atoms with van der Waals surface area (Å²) in [5.74, 6) is 1.61. The summed E-state index contributed by atoms with van der Waals surface area (Å²) in [7, 11) is 0. The van der Waals surface area contributed by atoms with Crippen molar-refractivity contribution in [2.75, 3.05) is 26.4 Å². The molecule has 1 heterocycles. The lowest BCUT2D eigenvalue weighted by atomic mass is 10.1. The Balaban J connectivity index is 1.28. The van der Waals surface area contributed by atoms with E-state index in [4.69, 9.17) is 23.4 Å². The number of carbonyl (C=O) groups excluding carboxylic acids is 1. The molecule has 1 N–H and O–H groups in total. The van der Waals surface area contributed by atoms with Gasteiger partial charge in [-0.1, -0.05) is 36.4 Å². The second kappa shape index (κ2) is 13.0. The van der Waals surface area contributed by atoms with Gasteiger partial charge in [0.15, 0.2) is 5.43 Å². The highest BCUT2D eigenvalue weighted by molar-refractivity contribution is 5.84. The quantitative estimate of drug-likeness (QED) is 0.239. The summed E-state index contributed by atoms with van der Waals surface area (Å²) in [4.78, 5) is 24.6. The molecule has 0 saturated carbocycles. The van der Waals surface area contributed by atoms with Crippen molar-refractivity contribution < 1.29 is 28.2 Å². The molecule has 204 valence electrons. The molecule has 0 atom stereocenters.